The molecule has 36 heavy (non-hydrogen) atoms. The minimum atomic E-state index is -0.301. The third-order valence-corrected chi connectivity index (χ3v) is 7.50. The Kier molecular flexibility index (Phi) is 6.67. The molecular weight excluding hydrogens is 462 g/mol. The zero-order valence-electron chi connectivity index (χ0n) is 20.7. The number of methoxy groups -OCH3 is 1. The first-order valence-electron chi connectivity index (χ1n) is 12.4. The molecule has 5 rings (SSSR count). The molecular formula is C25H33N7O4. The third kappa shape index (κ3) is 4.68. The Morgan fingerprint density at radius 3 is 2.72 bits per heavy atom. The number of fused-ring (bicyclic) bond motifs is 1. The monoisotopic (exact) mass is 495 g/mol. The summed E-state index contributed by atoms with van der Waals surface area (Å²) in [6.45, 7) is 0.465. The Labute approximate surface area is 208 Å². The van der Waals surface area contributed by atoms with Crippen molar-refractivity contribution < 1.29 is 14.6 Å². The molecule has 0 saturated heterocycles. The van der Waals surface area contributed by atoms with Gasteiger partial charge in [0, 0.05) is 44.4 Å². The van der Waals surface area contributed by atoms with Gasteiger partial charge in [0.1, 0.15) is 22.9 Å². The molecule has 11 heteroatoms. The fourth-order valence-electron chi connectivity index (χ4n) is 4.89. The van der Waals surface area contributed by atoms with Crippen LogP contribution in [0.5, 0.6) is 0 Å². The smallest absolute Gasteiger partial charge is 0.274 e. The molecule has 192 valence electrons. The van der Waals surface area contributed by atoms with Crippen LogP contribution in [0, 0.1) is 5.41 Å². The fourth-order valence-corrected chi connectivity index (χ4v) is 4.89. The average Bonchev–Trinajstić information content (AvgIpc) is 3.58. The lowest BCUT2D eigenvalue weighted by Crippen LogP contribution is -2.31. The number of hydrogen-bond donors (Lipinski definition) is 4. The first kappa shape index (κ1) is 24.3. The molecule has 2 saturated carbocycles. The number of hydrogen-bond acceptors (Lipinski definition) is 8. The number of aliphatic hydroxyl groups excluding tert-OH is 1. The predicted molar refractivity (Wildman–Crippen MR) is 136 cm³/mol. The lowest BCUT2D eigenvalue weighted by molar-refractivity contribution is 0.0580. The first-order chi connectivity index (χ1) is 17.5. The molecule has 3 aromatic heterocycles. The van der Waals surface area contributed by atoms with Crippen molar-refractivity contribution in [1.29, 1.82) is 0 Å². The van der Waals surface area contributed by atoms with Crippen LogP contribution in [0.2, 0.25) is 0 Å². The second-order valence-electron chi connectivity index (χ2n) is 9.84. The predicted octanol–water partition coefficient (Wildman–Crippen LogP) is 2.31. The lowest BCUT2D eigenvalue weighted by Gasteiger charge is -2.29. The van der Waals surface area contributed by atoms with Crippen LogP contribution >= 0.6 is 0 Å². The largest absolute Gasteiger partial charge is 0.396 e. The van der Waals surface area contributed by atoms with E-state index in [9.17, 15) is 14.7 Å². The van der Waals surface area contributed by atoms with Crippen molar-refractivity contribution in [2.45, 2.75) is 50.7 Å². The van der Waals surface area contributed by atoms with E-state index < -0.39 is 0 Å². The first-order valence-corrected chi connectivity index (χ1v) is 12.4. The molecule has 0 spiro atoms. The molecule has 0 aromatic carbocycles. The molecule has 3 aromatic rings. The van der Waals surface area contributed by atoms with Gasteiger partial charge in [0.25, 0.3) is 11.5 Å². The van der Waals surface area contributed by atoms with Gasteiger partial charge in [-0.25, -0.2) is 4.98 Å². The van der Waals surface area contributed by atoms with Crippen LogP contribution < -0.4 is 21.5 Å². The molecule has 0 atom stereocenters. The summed E-state index contributed by atoms with van der Waals surface area (Å²) in [5.74, 6) is 0.739. The van der Waals surface area contributed by atoms with Gasteiger partial charge in [0.05, 0.1) is 18.9 Å². The SMILES string of the molecule is CNc1cc(Nc2cccn(C3CCC(OC)CC3)c2=O)nc2c(C(=O)NCC3(CO)CC3)cnn12. The zero-order chi connectivity index (χ0) is 25.3. The highest BCUT2D eigenvalue weighted by Gasteiger charge is 2.42. The maximum absolute atomic E-state index is 13.3. The fraction of sp³-hybridized carbons (Fsp3) is 0.520. The number of carbonyl (C=O) groups excluding carboxylic acids is 1. The summed E-state index contributed by atoms with van der Waals surface area (Å²) in [5.41, 5.74) is 0.782. The summed E-state index contributed by atoms with van der Waals surface area (Å²) in [6, 6.07) is 5.47. The van der Waals surface area contributed by atoms with E-state index in [-0.39, 0.29) is 35.6 Å². The van der Waals surface area contributed by atoms with Gasteiger partial charge < -0.3 is 30.4 Å². The molecule has 4 N–H and O–H groups in total. The van der Waals surface area contributed by atoms with Gasteiger partial charge >= 0.3 is 0 Å². The Bertz CT molecular complexity index is 1310. The second kappa shape index (κ2) is 9.90. The topological polar surface area (TPSA) is 135 Å². The number of nitrogens with zero attached hydrogens (tertiary/aromatic N) is 4. The van der Waals surface area contributed by atoms with E-state index in [0.29, 0.717) is 35.1 Å². The summed E-state index contributed by atoms with van der Waals surface area (Å²) in [5, 5.41) is 23.0. The van der Waals surface area contributed by atoms with E-state index >= 15 is 0 Å². The molecule has 0 bridgehead atoms. The van der Waals surface area contributed by atoms with Crippen LogP contribution in [0.4, 0.5) is 17.3 Å². The molecule has 11 nitrogen and oxygen atoms in total. The third-order valence-electron chi connectivity index (χ3n) is 7.50. The average molecular weight is 496 g/mol. The Morgan fingerprint density at radius 1 is 1.28 bits per heavy atom. The molecule has 0 radical (unpaired) electrons. The van der Waals surface area contributed by atoms with Gasteiger partial charge in [-0.2, -0.15) is 9.61 Å². The van der Waals surface area contributed by atoms with Gasteiger partial charge in [-0.05, 0) is 50.7 Å². The van der Waals surface area contributed by atoms with Crippen molar-refractivity contribution in [3.05, 3.63) is 46.5 Å². The number of ether oxygens (including phenoxy) is 1. The summed E-state index contributed by atoms with van der Waals surface area (Å²) >= 11 is 0. The lowest BCUT2D eigenvalue weighted by atomic mass is 9.92. The van der Waals surface area contributed by atoms with Gasteiger partial charge in [0.15, 0.2) is 5.65 Å². The maximum atomic E-state index is 13.3. The van der Waals surface area contributed by atoms with E-state index in [1.165, 1.54) is 6.20 Å². The minimum Gasteiger partial charge on any atom is -0.396 e. The van der Waals surface area contributed by atoms with Crippen LogP contribution in [-0.2, 0) is 4.74 Å². The number of nitrogens with one attached hydrogen (secondary N) is 3. The van der Waals surface area contributed by atoms with E-state index in [1.807, 2.05) is 12.3 Å². The number of carbonyl (C=O) groups is 1. The number of aromatic nitrogens is 4. The van der Waals surface area contributed by atoms with Crippen LogP contribution in [0.1, 0.15) is 54.9 Å². The van der Waals surface area contributed by atoms with E-state index in [4.69, 9.17) is 4.74 Å². The van der Waals surface area contributed by atoms with Crippen molar-refractivity contribution in [3.8, 4) is 0 Å². The van der Waals surface area contributed by atoms with E-state index in [1.54, 1.807) is 35.4 Å². The molecule has 2 aliphatic rings. The minimum absolute atomic E-state index is 0.0562. The second-order valence-corrected chi connectivity index (χ2v) is 9.84. The molecule has 0 unspecified atom stereocenters. The van der Waals surface area contributed by atoms with Crippen molar-refractivity contribution in [2.24, 2.45) is 5.41 Å². The zero-order valence-corrected chi connectivity index (χ0v) is 20.7. The summed E-state index contributed by atoms with van der Waals surface area (Å²) in [6.07, 6.45) is 9.01. The highest BCUT2D eigenvalue weighted by atomic mass is 16.5. The number of aliphatic hydroxyl groups is 1. The molecule has 3 heterocycles. The highest BCUT2D eigenvalue weighted by molar-refractivity contribution is 6.00. The van der Waals surface area contributed by atoms with Crippen LogP contribution in [0.3, 0.4) is 0 Å². The van der Waals surface area contributed by atoms with Crippen molar-refractivity contribution in [3.63, 3.8) is 0 Å². The number of anilines is 3. The Morgan fingerprint density at radius 2 is 2.06 bits per heavy atom. The van der Waals surface area contributed by atoms with Crippen LogP contribution in [0.15, 0.2) is 35.4 Å². The van der Waals surface area contributed by atoms with Crippen LogP contribution in [-0.4, -0.2) is 63.6 Å². The normalized spacial score (nSPS) is 20.8. The number of amides is 1. The van der Waals surface area contributed by atoms with Crippen LogP contribution in [0.25, 0.3) is 5.65 Å². The highest BCUT2D eigenvalue weighted by Crippen LogP contribution is 2.44. The summed E-state index contributed by atoms with van der Waals surface area (Å²) in [7, 11) is 3.49. The van der Waals surface area contributed by atoms with Gasteiger partial charge in [-0.15, -0.1) is 0 Å². The van der Waals surface area contributed by atoms with Crippen molar-refractivity contribution in [2.75, 3.05) is 37.9 Å². The van der Waals surface area contributed by atoms with Crippen molar-refractivity contribution in [1.82, 2.24) is 24.5 Å². The van der Waals surface area contributed by atoms with Gasteiger partial charge in [-0.3, -0.25) is 9.59 Å². The standard InChI is InChI=1S/C25H33N7O4/c1-26-21-12-20(29-19-4-3-11-31(24(19)35)16-5-7-17(36-2)8-6-16)30-22-18(13-28-32(21)22)23(34)27-14-25(15-33)9-10-25/h3-4,11-13,16-17,26,33H,5-10,14-15H2,1-2H3,(H,27,34)(H,29,30). The molecule has 0 aliphatic heterocycles. The Balaban J connectivity index is 1.40. The van der Waals surface area contributed by atoms with Gasteiger partial charge in [0.2, 0.25) is 0 Å². The number of rotatable bonds is 9. The molecule has 2 fully saturated rings. The summed E-state index contributed by atoms with van der Waals surface area (Å²) < 4.78 is 8.81. The quantitative estimate of drug-likeness (QED) is 0.355. The molecule has 1 amide bonds. The van der Waals surface area contributed by atoms with E-state index in [2.05, 4.69) is 26.0 Å². The summed E-state index contributed by atoms with van der Waals surface area (Å²) in [4.78, 5) is 30.8. The maximum Gasteiger partial charge on any atom is 0.274 e. The molecule has 2 aliphatic carbocycles. The Hall–Kier alpha value is -3.44. The van der Waals surface area contributed by atoms with Gasteiger partial charge in [-0.1, -0.05) is 0 Å². The van der Waals surface area contributed by atoms with E-state index in [0.717, 1.165) is 38.5 Å². The van der Waals surface area contributed by atoms with Crippen molar-refractivity contribution >= 4 is 28.9 Å². The number of pyridine rings is 1.